The molecule has 0 bridgehead atoms. The van der Waals surface area contributed by atoms with Gasteiger partial charge in [-0.2, -0.15) is 0 Å². The SMILES string of the molecule is Cc1ccc([C@H]2NC(=O)OCC2(C)C)c(C)c1.Cl. The van der Waals surface area contributed by atoms with Crippen LogP contribution in [0.4, 0.5) is 4.79 Å². The third kappa shape index (κ3) is 2.78. The molecule has 18 heavy (non-hydrogen) atoms. The van der Waals surface area contributed by atoms with Crippen LogP contribution < -0.4 is 5.32 Å². The van der Waals surface area contributed by atoms with E-state index >= 15 is 0 Å². The predicted molar refractivity (Wildman–Crippen MR) is 74.2 cm³/mol. The second-order valence-electron chi connectivity index (χ2n) is 5.50. The summed E-state index contributed by atoms with van der Waals surface area (Å²) in [6.45, 7) is 8.83. The fraction of sp³-hybridized carbons (Fsp3) is 0.500. The van der Waals surface area contributed by atoms with Gasteiger partial charge in [0, 0.05) is 5.41 Å². The number of carbonyl (C=O) groups excluding carboxylic acids is 1. The van der Waals surface area contributed by atoms with Crippen molar-refractivity contribution in [2.45, 2.75) is 33.7 Å². The molecule has 1 N–H and O–H groups in total. The van der Waals surface area contributed by atoms with E-state index in [1.54, 1.807) is 0 Å². The van der Waals surface area contributed by atoms with Crippen LogP contribution >= 0.6 is 12.4 Å². The number of amides is 1. The predicted octanol–water partition coefficient (Wildman–Crippen LogP) is 3.53. The monoisotopic (exact) mass is 269 g/mol. The summed E-state index contributed by atoms with van der Waals surface area (Å²) in [4.78, 5) is 11.4. The molecule has 0 aliphatic carbocycles. The smallest absolute Gasteiger partial charge is 0.407 e. The van der Waals surface area contributed by atoms with Gasteiger partial charge in [0.2, 0.25) is 0 Å². The van der Waals surface area contributed by atoms with Gasteiger partial charge in [0.25, 0.3) is 0 Å². The summed E-state index contributed by atoms with van der Waals surface area (Å²) >= 11 is 0. The van der Waals surface area contributed by atoms with E-state index in [2.05, 4.69) is 51.2 Å². The Morgan fingerprint density at radius 1 is 1.33 bits per heavy atom. The molecule has 1 heterocycles. The number of hydrogen-bond acceptors (Lipinski definition) is 2. The van der Waals surface area contributed by atoms with Crippen molar-refractivity contribution in [1.29, 1.82) is 0 Å². The summed E-state index contributed by atoms with van der Waals surface area (Å²) in [6.07, 6.45) is -0.325. The fourth-order valence-corrected chi connectivity index (χ4v) is 2.34. The first-order valence-electron chi connectivity index (χ1n) is 5.90. The number of alkyl carbamates (subject to hydrolysis) is 1. The van der Waals surface area contributed by atoms with Gasteiger partial charge in [-0.3, -0.25) is 0 Å². The van der Waals surface area contributed by atoms with Crippen LogP contribution in [0.15, 0.2) is 18.2 Å². The van der Waals surface area contributed by atoms with E-state index in [1.165, 1.54) is 16.7 Å². The molecular weight excluding hydrogens is 250 g/mol. The maximum absolute atomic E-state index is 11.4. The summed E-state index contributed by atoms with van der Waals surface area (Å²) in [5.74, 6) is 0. The van der Waals surface area contributed by atoms with Crippen LogP contribution in [-0.2, 0) is 4.74 Å². The Morgan fingerprint density at radius 3 is 2.61 bits per heavy atom. The molecular formula is C14H20ClNO2. The first-order valence-corrected chi connectivity index (χ1v) is 5.90. The molecule has 1 aliphatic rings. The number of benzene rings is 1. The molecule has 0 aromatic heterocycles. The number of aryl methyl sites for hydroxylation is 2. The zero-order valence-corrected chi connectivity index (χ0v) is 12.1. The minimum Gasteiger partial charge on any atom is -0.449 e. The highest BCUT2D eigenvalue weighted by molar-refractivity contribution is 5.85. The number of halogens is 1. The summed E-state index contributed by atoms with van der Waals surface area (Å²) in [6, 6.07) is 6.35. The second kappa shape index (κ2) is 5.19. The van der Waals surface area contributed by atoms with Gasteiger partial charge in [-0.15, -0.1) is 12.4 Å². The van der Waals surface area contributed by atoms with Gasteiger partial charge >= 0.3 is 6.09 Å². The van der Waals surface area contributed by atoms with Crippen LogP contribution in [0.5, 0.6) is 0 Å². The van der Waals surface area contributed by atoms with Gasteiger partial charge < -0.3 is 10.1 Å². The molecule has 0 unspecified atom stereocenters. The standard InChI is InChI=1S/C14H19NO2.ClH/c1-9-5-6-11(10(2)7-9)12-14(3,4)8-17-13(16)15-12;/h5-7,12H,8H2,1-4H3,(H,15,16);1H/t12-;/m1./s1. The number of cyclic esters (lactones) is 1. The molecule has 4 heteroatoms. The van der Waals surface area contributed by atoms with Crippen LogP contribution in [0.2, 0.25) is 0 Å². The molecule has 0 radical (unpaired) electrons. The normalized spacial score (nSPS) is 21.6. The Balaban J connectivity index is 0.00000162. The average molecular weight is 270 g/mol. The summed E-state index contributed by atoms with van der Waals surface area (Å²) < 4.78 is 5.06. The Labute approximate surface area is 114 Å². The molecule has 1 aromatic rings. The van der Waals surface area contributed by atoms with E-state index in [4.69, 9.17) is 4.74 Å². The molecule has 1 aliphatic heterocycles. The molecule has 1 aromatic carbocycles. The van der Waals surface area contributed by atoms with Crippen LogP contribution in [0.3, 0.4) is 0 Å². The van der Waals surface area contributed by atoms with Crippen LogP contribution in [0, 0.1) is 19.3 Å². The highest BCUT2D eigenvalue weighted by Crippen LogP contribution is 2.37. The van der Waals surface area contributed by atoms with Crippen LogP contribution in [0.1, 0.15) is 36.6 Å². The maximum Gasteiger partial charge on any atom is 0.407 e. The Bertz CT molecular complexity index is 457. The van der Waals surface area contributed by atoms with Crippen molar-refractivity contribution in [3.63, 3.8) is 0 Å². The minimum absolute atomic E-state index is 0. The summed E-state index contributed by atoms with van der Waals surface area (Å²) in [5, 5.41) is 2.92. The molecule has 1 fully saturated rings. The first-order chi connectivity index (χ1) is 7.90. The van der Waals surface area contributed by atoms with Gasteiger partial charge in [-0.25, -0.2) is 4.79 Å². The minimum atomic E-state index is -0.325. The lowest BCUT2D eigenvalue weighted by molar-refractivity contribution is 0.0386. The molecule has 2 rings (SSSR count). The van der Waals surface area contributed by atoms with Crippen molar-refractivity contribution in [3.05, 3.63) is 34.9 Å². The zero-order chi connectivity index (χ0) is 12.6. The molecule has 100 valence electrons. The van der Waals surface area contributed by atoms with E-state index in [0.717, 1.165) is 0 Å². The Hall–Kier alpha value is -1.22. The first kappa shape index (κ1) is 14.8. The zero-order valence-electron chi connectivity index (χ0n) is 11.2. The Morgan fingerprint density at radius 2 is 2.00 bits per heavy atom. The maximum atomic E-state index is 11.4. The quantitative estimate of drug-likeness (QED) is 0.847. The third-order valence-electron chi connectivity index (χ3n) is 3.36. The molecule has 1 atom stereocenters. The summed E-state index contributed by atoms with van der Waals surface area (Å²) in [5.41, 5.74) is 3.54. The van der Waals surface area contributed by atoms with Gasteiger partial charge in [0.05, 0.1) is 6.04 Å². The van der Waals surface area contributed by atoms with Crippen molar-refractivity contribution < 1.29 is 9.53 Å². The second-order valence-corrected chi connectivity index (χ2v) is 5.50. The molecule has 3 nitrogen and oxygen atoms in total. The molecule has 1 amide bonds. The van der Waals surface area contributed by atoms with Crippen LogP contribution in [-0.4, -0.2) is 12.7 Å². The molecule has 1 saturated heterocycles. The molecule has 0 saturated carbocycles. The lowest BCUT2D eigenvalue weighted by atomic mass is 9.79. The van der Waals surface area contributed by atoms with Gasteiger partial charge in [-0.05, 0) is 25.0 Å². The number of carbonyl (C=O) groups is 1. The number of ether oxygens (including phenoxy) is 1. The van der Waals surface area contributed by atoms with Crippen molar-refractivity contribution >= 4 is 18.5 Å². The largest absolute Gasteiger partial charge is 0.449 e. The van der Waals surface area contributed by atoms with Crippen molar-refractivity contribution in [2.75, 3.05) is 6.61 Å². The number of nitrogens with one attached hydrogen (secondary N) is 1. The van der Waals surface area contributed by atoms with Gasteiger partial charge in [0.15, 0.2) is 0 Å². The van der Waals surface area contributed by atoms with Crippen molar-refractivity contribution in [1.82, 2.24) is 5.32 Å². The highest BCUT2D eigenvalue weighted by atomic mass is 35.5. The van der Waals surface area contributed by atoms with Gasteiger partial charge in [0.1, 0.15) is 6.61 Å². The topological polar surface area (TPSA) is 38.3 Å². The number of hydrogen-bond donors (Lipinski definition) is 1. The van der Waals surface area contributed by atoms with E-state index in [9.17, 15) is 4.79 Å². The van der Waals surface area contributed by atoms with Crippen LogP contribution in [0.25, 0.3) is 0 Å². The van der Waals surface area contributed by atoms with Crippen molar-refractivity contribution in [2.24, 2.45) is 5.41 Å². The molecule has 0 spiro atoms. The third-order valence-corrected chi connectivity index (χ3v) is 3.36. The van der Waals surface area contributed by atoms with E-state index in [-0.39, 0.29) is 30.0 Å². The van der Waals surface area contributed by atoms with Crippen molar-refractivity contribution in [3.8, 4) is 0 Å². The lowest BCUT2D eigenvalue weighted by Gasteiger charge is -2.39. The Kier molecular flexibility index (Phi) is 4.28. The number of rotatable bonds is 1. The van der Waals surface area contributed by atoms with E-state index in [1.807, 2.05) is 0 Å². The summed E-state index contributed by atoms with van der Waals surface area (Å²) in [7, 11) is 0. The van der Waals surface area contributed by atoms with E-state index in [0.29, 0.717) is 6.61 Å². The highest BCUT2D eigenvalue weighted by Gasteiger charge is 2.38. The lowest BCUT2D eigenvalue weighted by Crippen LogP contribution is -2.47. The van der Waals surface area contributed by atoms with E-state index < -0.39 is 0 Å². The van der Waals surface area contributed by atoms with Gasteiger partial charge in [-0.1, -0.05) is 37.6 Å². The fourth-order valence-electron chi connectivity index (χ4n) is 2.34. The average Bonchev–Trinajstić information content (AvgIpc) is 2.23.